The van der Waals surface area contributed by atoms with Gasteiger partial charge in [0.05, 0.1) is 26.4 Å². The first-order valence-corrected chi connectivity index (χ1v) is 6.96. The van der Waals surface area contributed by atoms with Crippen molar-refractivity contribution in [2.45, 2.75) is 10.6 Å². The van der Waals surface area contributed by atoms with Crippen LogP contribution >= 0.6 is 0 Å². The van der Waals surface area contributed by atoms with Crippen molar-refractivity contribution in [1.29, 1.82) is 0 Å². The molecule has 20 heavy (non-hydrogen) atoms. The highest BCUT2D eigenvalue weighted by Gasteiger charge is 2.12. The zero-order valence-electron chi connectivity index (χ0n) is 10.3. The van der Waals surface area contributed by atoms with Crippen LogP contribution in [0.15, 0.2) is 47.4 Å². The van der Waals surface area contributed by atoms with Crippen molar-refractivity contribution in [3.63, 3.8) is 0 Å². The summed E-state index contributed by atoms with van der Waals surface area (Å²) in [5.41, 5.74) is 6.34. The van der Waals surface area contributed by atoms with Crippen LogP contribution in [0, 0.1) is 15.9 Å². The maximum Gasteiger partial charge on any atom is 0.269 e. The van der Waals surface area contributed by atoms with Crippen LogP contribution < -0.4 is 5.73 Å². The molecule has 0 radical (unpaired) electrons. The van der Waals surface area contributed by atoms with E-state index >= 15 is 0 Å². The number of nitro groups is 1. The molecule has 0 aliphatic rings. The van der Waals surface area contributed by atoms with Gasteiger partial charge in [-0.3, -0.25) is 14.3 Å². The highest BCUT2D eigenvalue weighted by molar-refractivity contribution is 7.84. The van der Waals surface area contributed by atoms with E-state index in [0.29, 0.717) is 5.56 Å². The van der Waals surface area contributed by atoms with Crippen LogP contribution in [0.2, 0.25) is 0 Å². The molecule has 0 aliphatic heterocycles. The monoisotopic (exact) mass is 294 g/mol. The van der Waals surface area contributed by atoms with Crippen LogP contribution in [0.1, 0.15) is 5.56 Å². The molecule has 104 valence electrons. The highest BCUT2D eigenvalue weighted by Crippen LogP contribution is 2.22. The van der Waals surface area contributed by atoms with Gasteiger partial charge in [-0.05, 0) is 23.8 Å². The van der Waals surface area contributed by atoms with Gasteiger partial charge in [0, 0.05) is 17.8 Å². The fourth-order valence-corrected chi connectivity index (χ4v) is 2.91. The molecule has 2 N–H and O–H groups in total. The maximum absolute atomic E-state index is 13.1. The molecule has 0 bridgehead atoms. The SMILES string of the molecule is Nc1ccc(F)cc1S(=O)Cc1cccc([N+](=O)[O-])c1. The summed E-state index contributed by atoms with van der Waals surface area (Å²) in [4.78, 5) is 10.3. The lowest BCUT2D eigenvalue weighted by Crippen LogP contribution is -2.02. The second-order valence-corrected chi connectivity index (χ2v) is 5.52. The highest BCUT2D eigenvalue weighted by atomic mass is 32.2. The Kier molecular flexibility index (Phi) is 4.09. The summed E-state index contributed by atoms with van der Waals surface area (Å²) in [6.45, 7) is 0. The molecule has 0 amide bonds. The van der Waals surface area contributed by atoms with Gasteiger partial charge in [-0.15, -0.1) is 0 Å². The Bertz CT molecular complexity index is 691. The number of anilines is 1. The molecule has 0 heterocycles. The minimum atomic E-state index is -1.57. The first kappa shape index (κ1) is 14.1. The molecule has 2 aromatic carbocycles. The second-order valence-electron chi connectivity index (χ2n) is 4.10. The molecule has 0 aromatic heterocycles. The van der Waals surface area contributed by atoms with E-state index in [1.807, 2.05) is 0 Å². The van der Waals surface area contributed by atoms with E-state index in [1.165, 1.54) is 30.3 Å². The van der Waals surface area contributed by atoms with Gasteiger partial charge in [0.1, 0.15) is 5.82 Å². The Morgan fingerprint density at radius 2 is 2.00 bits per heavy atom. The van der Waals surface area contributed by atoms with Crippen molar-refractivity contribution >= 4 is 22.2 Å². The first-order chi connectivity index (χ1) is 9.47. The Labute approximate surface area is 116 Å². The average molecular weight is 294 g/mol. The Morgan fingerprint density at radius 1 is 1.25 bits per heavy atom. The van der Waals surface area contributed by atoms with Gasteiger partial charge in [-0.2, -0.15) is 0 Å². The summed E-state index contributed by atoms with van der Waals surface area (Å²) in [6.07, 6.45) is 0. The number of nitro benzene ring substituents is 1. The van der Waals surface area contributed by atoms with E-state index in [-0.39, 0.29) is 22.0 Å². The zero-order chi connectivity index (χ0) is 14.7. The number of nitrogen functional groups attached to an aromatic ring is 1. The lowest BCUT2D eigenvalue weighted by atomic mass is 10.2. The molecule has 0 fully saturated rings. The molecule has 2 aromatic rings. The maximum atomic E-state index is 13.1. The van der Waals surface area contributed by atoms with Crippen LogP contribution in [0.4, 0.5) is 15.8 Å². The van der Waals surface area contributed by atoms with E-state index in [4.69, 9.17) is 5.73 Å². The van der Waals surface area contributed by atoms with Gasteiger partial charge in [-0.25, -0.2) is 4.39 Å². The fraction of sp³-hybridized carbons (Fsp3) is 0.0769. The van der Waals surface area contributed by atoms with Gasteiger partial charge in [0.25, 0.3) is 5.69 Å². The number of hydrogen-bond acceptors (Lipinski definition) is 4. The topological polar surface area (TPSA) is 86.2 Å². The molecule has 1 atom stereocenters. The van der Waals surface area contributed by atoms with Crippen molar-refractivity contribution in [3.05, 3.63) is 64.0 Å². The van der Waals surface area contributed by atoms with E-state index < -0.39 is 21.5 Å². The predicted octanol–water partition coefficient (Wildman–Crippen LogP) is 2.62. The third-order valence-electron chi connectivity index (χ3n) is 2.64. The second kappa shape index (κ2) is 5.79. The minimum absolute atomic E-state index is 0.0370. The number of nitrogens with two attached hydrogens (primary N) is 1. The number of halogens is 1. The third kappa shape index (κ3) is 3.18. The van der Waals surface area contributed by atoms with Crippen LogP contribution in [-0.4, -0.2) is 9.13 Å². The van der Waals surface area contributed by atoms with E-state index in [9.17, 15) is 18.7 Å². The van der Waals surface area contributed by atoms with Gasteiger partial charge in [0.15, 0.2) is 0 Å². The van der Waals surface area contributed by atoms with Crippen molar-refractivity contribution in [1.82, 2.24) is 0 Å². The summed E-state index contributed by atoms with van der Waals surface area (Å²) >= 11 is 0. The van der Waals surface area contributed by atoms with E-state index in [0.717, 1.165) is 6.07 Å². The standard InChI is InChI=1S/C13H11FN2O3S/c14-10-4-5-12(15)13(7-10)20(19)8-9-2-1-3-11(6-9)16(17)18/h1-7H,8,15H2. The average Bonchev–Trinajstić information content (AvgIpc) is 2.41. The van der Waals surface area contributed by atoms with Gasteiger partial charge in [-0.1, -0.05) is 12.1 Å². The van der Waals surface area contributed by atoms with Gasteiger partial charge in [0.2, 0.25) is 0 Å². The van der Waals surface area contributed by atoms with Gasteiger partial charge < -0.3 is 5.73 Å². The largest absolute Gasteiger partial charge is 0.398 e. The molecular weight excluding hydrogens is 283 g/mol. The first-order valence-electron chi connectivity index (χ1n) is 5.64. The van der Waals surface area contributed by atoms with Crippen molar-refractivity contribution < 1.29 is 13.5 Å². The smallest absolute Gasteiger partial charge is 0.269 e. The Morgan fingerprint density at radius 3 is 2.70 bits per heavy atom. The minimum Gasteiger partial charge on any atom is -0.398 e. The van der Waals surface area contributed by atoms with E-state index in [1.54, 1.807) is 6.07 Å². The predicted molar refractivity (Wildman–Crippen MR) is 74.0 cm³/mol. The lowest BCUT2D eigenvalue weighted by Gasteiger charge is -2.06. The van der Waals surface area contributed by atoms with Gasteiger partial charge >= 0.3 is 0 Å². The summed E-state index contributed by atoms with van der Waals surface area (Å²) in [6, 6.07) is 9.47. The molecule has 0 saturated heterocycles. The normalized spacial score (nSPS) is 12.1. The quantitative estimate of drug-likeness (QED) is 0.533. The summed E-state index contributed by atoms with van der Waals surface area (Å²) in [7, 11) is -1.57. The third-order valence-corrected chi connectivity index (χ3v) is 4.08. The molecular formula is C13H11FN2O3S. The molecule has 0 spiro atoms. The summed E-state index contributed by atoms with van der Waals surface area (Å²) in [5, 5.41) is 10.7. The summed E-state index contributed by atoms with van der Waals surface area (Å²) in [5.74, 6) is -0.489. The molecule has 0 aliphatic carbocycles. The Balaban J connectivity index is 2.25. The van der Waals surface area contributed by atoms with Crippen LogP contribution in [0.25, 0.3) is 0 Å². The molecule has 2 rings (SSSR count). The number of non-ortho nitro benzene ring substituents is 1. The number of benzene rings is 2. The van der Waals surface area contributed by atoms with E-state index in [2.05, 4.69) is 0 Å². The molecule has 5 nitrogen and oxygen atoms in total. The zero-order valence-corrected chi connectivity index (χ0v) is 11.1. The van der Waals surface area contributed by atoms with Crippen molar-refractivity contribution in [3.8, 4) is 0 Å². The van der Waals surface area contributed by atoms with Crippen molar-refractivity contribution in [2.24, 2.45) is 0 Å². The Hall–Kier alpha value is -2.28. The number of hydrogen-bond donors (Lipinski definition) is 1. The molecule has 0 saturated carbocycles. The van der Waals surface area contributed by atoms with Crippen molar-refractivity contribution in [2.75, 3.05) is 5.73 Å². The summed E-state index contributed by atoms with van der Waals surface area (Å²) < 4.78 is 25.3. The molecule has 1 unspecified atom stereocenters. The van der Waals surface area contributed by atoms with Crippen LogP contribution in [0.3, 0.4) is 0 Å². The van der Waals surface area contributed by atoms with Crippen LogP contribution in [0.5, 0.6) is 0 Å². The fourth-order valence-electron chi connectivity index (χ4n) is 1.69. The molecule has 7 heteroatoms. The van der Waals surface area contributed by atoms with Crippen LogP contribution in [-0.2, 0) is 16.6 Å². The number of rotatable bonds is 4. The number of nitrogens with zero attached hydrogens (tertiary/aromatic N) is 1. The lowest BCUT2D eigenvalue weighted by molar-refractivity contribution is -0.384.